The Morgan fingerprint density at radius 3 is 1.08 bits per heavy atom. The maximum absolute atomic E-state index is 8.56. The number of hydrogen-bond donors (Lipinski definition) is 2. The molecule has 0 atom stereocenters. The number of halogens is 1. The van der Waals surface area contributed by atoms with Gasteiger partial charge in [0.05, 0.1) is 0 Å². The molecule has 12 heavy (non-hydrogen) atoms. The fraction of sp³-hybridized carbons (Fsp3) is 0. The van der Waals surface area contributed by atoms with E-state index >= 15 is 0 Å². The summed E-state index contributed by atoms with van der Waals surface area (Å²) in [5.41, 5.74) is 0. The van der Waals surface area contributed by atoms with Crippen molar-refractivity contribution in [2.75, 3.05) is 0 Å². The summed E-state index contributed by atoms with van der Waals surface area (Å²) >= 11 is -3.11. The topological polar surface area (TPSA) is 121 Å². The normalized spacial score (nSPS) is 4.92. The molecule has 0 fully saturated rings. The molecule has 0 heterocycles. The third-order valence-electron chi connectivity index (χ3n) is 0. The van der Waals surface area contributed by atoms with Crippen molar-refractivity contribution in [2.24, 2.45) is 0 Å². The first-order chi connectivity index (χ1) is 3.46. The van der Waals surface area contributed by atoms with Gasteiger partial charge in [-0.05, 0) is 0 Å². The van der Waals surface area contributed by atoms with Gasteiger partial charge in [-0.2, -0.15) is 0 Å². The number of carbonyl (C=O) groups is 1. The standard InChI is InChI=1S/CH2O3.BrH.3Na.H2O3S/c2-1(3)4;;;;;1-4(2)3/h(H2,2,3,4);1H;;;;(H2,1,2,3)/q;;3*+1;/p-3. The van der Waals surface area contributed by atoms with Gasteiger partial charge in [0.25, 0.3) is 0 Å². The molecule has 0 unspecified atom stereocenters. The molecule has 0 aromatic rings. The maximum Gasteiger partial charge on any atom is 1.00 e. The third kappa shape index (κ3) is 225. The number of hydrogen-bond acceptors (Lipinski definition) is 4. The van der Waals surface area contributed by atoms with Crippen LogP contribution in [0.4, 0.5) is 4.79 Å². The molecule has 0 rings (SSSR count). The van der Waals surface area contributed by atoms with Crippen LogP contribution in [0.1, 0.15) is 0 Å². The summed E-state index contributed by atoms with van der Waals surface area (Å²) in [4.78, 5) is 8.56. The summed E-state index contributed by atoms with van der Waals surface area (Å²) < 4.78 is 25.3. The molecule has 0 aliphatic heterocycles. The molecule has 0 spiro atoms. The van der Waals surface area contributed by atoms with Crippen LogP contribution in [0.2, 0.25) is 0 Å². The molecule has 0 radical (unpaired) electrons. The van der Waals surface area contributed by atoms with Crippen molar-refractivity contribution in [3.05, 3.63) is 0 Å². The second kappa shape index (κ2) is 29.2. The smallest absolute Gasteiger partial charge is 1.00 e. The van der Waals surface area contributed by atoms with Gasteiger partial charge in [-0.3, -0.25) is 4.21 Å². The first-order valence-corrected chi connectivity index (χ1v) is 2.15. The number of rotatable bonds is 0. The van der Waals surface area contributed by atoms with Crippen molar-refractivity contribution in [3.63, 3.8) is 0 Å². The van der Waals surface area contributed by atoms with Crippen LogP contribution >= 0.6 is 0 Å². The van der Waals surface area contributed by atoms with Gasteiger partial charge in [-0.1, -0.05) is 0 Å². The van der Waals surface area contributed by atoms with E-state index < -0.39 is 17.5 Å². The molecule has 0 aliphatic carbocycles. The minimum absolute atomic E-state index is 0. The van der Waals surface area contributed by atoms with Gasteiger partial charge in [-0.25, -0.2) is 4.79 Å². The van der Waals surface area contributed by atoms with E-state index in [-0.39, 0.29) is 106 Å². The quantitative estimate of drug-likeness (QED) is 0.338. The Hall–Kier alpha value is 2.82. The summed E-state index contributed by atoms with van der Waals surface area (Å²) in [6, 6.07) is 0. The largest absolute Gasteiger partial charge is 1.00 e. The molecular weight excluding hydrogens is 289 g/mol. The van der Waals surface area contributed by atoms with E-state index in [1.54, 1.807) is 0 Å². The number of carboxylic acid groups (broad SMARTS) is 2. The second-order valence-corrected chi connectivity index (χ2v) is 0.895. The van der Waals surface area contributed by atoms with Crippen molar-refractivity contribution in [1.29, 1.82) is 0 Å². The second-order valence-electron chi connectivity index (χ2n) is 0.487. The van der Waals surface area contributed by atoms with Crippen LogP contribution in [-0.2, 0) is 11.4 Å². The Labute approximate surface area is 149 Å². The van der Waals surface area contributed by atoms with E-state index in [9.17, 15) is 0 Å². The SMILES string of the molecule is O=C(O)O.O=S([O-])[O-].[Br-].[Na+].[Na+].[Na+]. The van der Waals surface area contributed by atoms with Crippen molar-refractivity contribution in [2.45, 2.75) is 0 Å². The fourth-order valence-corrected chi connectivity index (χ4v) is 0. The van der Waals surface area contributed by atoms with Crippen LogP contribution < -0.4 is 106 Å². The average Bonchev–Trinajstić information content (AvgIpc) is 1.25. The van der Waals surface area contributed by atoms with Crippen LogP contribution in [0.5, 0.6) is 0 Å². The van der Waals surface area contributed by atoms with Gasteiger partial charge in [0.1, 0.15) is 0 Å². The predicted octanol–water partition coefficient (Wildman–Crippen LogP) is -12.8. The van der Waals surface area contributed by atoms with Crippen LogP contribution in [-0.4, -0.2) is 29.7 Å². The monoisotopic (exact) mass is 290 g/mol. The molecular formula is CH2BrNa3O6S. The third-order valence-corrected chi connectivity index (χ3v) is 0. The maximum atomic E-state index is 8.56. The van der Waals surface area contributed by atoms with Gasteiger partial charge in [0.2, 0.25) is 0 Å². The molecule has 0 saturated heterocycles. The van der Waals surface area contributed by atoms with Gasteiger partial charge in [0.15, 0.2) is 0 Å². The Morgan fingerprint density at radius 2 is 1.08 bits per heavy atom. The van der Waals surface area contributed by atoms with E-state index in [1.165, 1.54) is 0 Å². The van der Waals surface area contributed by atoms with Gasteiger partial charge < -0.3 is 36.3 Å². The molecule has 0 aromatic carbocycles. The minimum Gasteiger partial charge on any atom is -1.00 e. The van der Waals surface area contributed by atoms with Crippen molar-refractivity contribution >= 4 is 17.5 Å². The Bertz CT molecular complexity index is 80.8. The van der Waals surface area contributed by atoms with Crippen molar-refractivity contribution < 1.29 is 134 Å². The molecule has 0 aliphatic rings. The Morgan fingerprint density at radius 1 is 1.08 bits per heavy atom. The van der Waals surface area contributed by atoms with Crippen LogP contribution in [0.25, 0.3) is 0 Å². The molecule has 11 heteroatoms. The molecule has 0 aromatic heterocycles. The van der Waals surface area contributed by atoms with Gasteiger partial charge in [0, 0.05) is 0 Å². The summed E-state index contributed by atoms with van der Waals surface area (Å²) in [6.07, 6.45) is -1.83. The summed E-state index contributed by atoms with van der Waals surface area (Å²) in [5.74, 6) is 0. The molecule has 2 N–H and O–H groups in total. The fourth-order valence-electron chi connectivity index (χ4n) is 0. The predicted molar refractivity (Wildman–Crippen MR) is 20.4 cm³/mol. The van der Waals surface area contributed by atoms with Crippen LogP contribution in [0.3, 0.4) is 0 Å². The summed E-state index contributed by atoms with van der Waals surface area (Å²) in [5, 5.41) is 13.9. The van der Waals surface area contributed by atoms with Crippen molar-refractivity contribution in [3.8, 4) is 0 Å². The molecule has 6 nitrogen and oxygen atoms in total. The van der Waals surface area contributed by atoms with E-state index in [0.29, 0.717) is 0 Å². The first kappa shape index (κ1) is 36.4. The molecule has 58 valence electrons. The molecule has 0 amide bonds. The van der Waals surface area contributed by atoms with E-state index in [2.05, 4.69) is 0 Å². The van der Waals surface area contributed by atoms with Gasteiger partial charge in [-0.15, -0.1) is 11.4 Å². The Balaban J connectivity index is -0.0000000112. The Kier molecular flexibility index (Phi) is 88.5. The van der Waals surface area contributed by atoms with Crippen LogP contribution in [0.15, 0.2) is 0 Å². The van der Waals surface area contributed by atoms with E-state index in [4.69, 9.17) is 28.3 Å². The van der Waals surface area contributed by atoms with E-state index in [0.717, 1.165) is 0 Å². The zero-order valence-electron chi connectivity index (χ0n) is 6.81. The minimum atomic E-state index is -3.11. The van der Waals surface area contributed by atoms with Gasteiger partial charge >= 0.3 is 94.8 Å². The first-order valence-electron chi connectivity index (χ1n) is 1.15. The summed E-state index contributed by atoms with van der Waals surface area (Å²) in [7, 11) is 0. The zero-order chi connectivity index (χ0) is 7.15. The average molecular weight is 291 g/mol. The molecule has 0 saturated carbocycles. The zero-order valence-corrected chi connectivity index (χ0v) is 15.2. The molecule has 0 bridgehead atoms. The van der Waals surface area contributed by atoms with E-state index in [1.807, 2.05) is 0 Å². The summed E-state index contributed by atoms with van der Waals surface area (Å²) in [6.45, 7) is 0. The van der Waals surface area contributed by atoms with Crippen LogP contribution in [0, 0.1) is 0 Å². The van der Waals surface area contributed by atoms with Crippen molar-refractivity contribution in [1.82, 2.24) is 0 Å².